The molecule has 84 valence electrons. The quantitative estimate of drug-likeness (QED) is 0.762. The van der Waals surface area contributed by atoms with Crippen LogP contribution in [0.4, 0.5) is 0 Å². The molecule has 4 nitrogen and oxygen atoms in total. The zero-order valence-electron chi connectivity index (χ0n) is 9.30. The summed E-state index contributed by atoms with van der Waals surface area (Å²) in [6, 6.07) is 3.84. The third kappa shape index (κ3) is 2.41. The van der Waals surface area contributed by atoms with Crippen LogP contribution >= 0.6 is 11.8 Å². The molecule has 2 aromatic heterocycles. The van der Waals surface area contributed by atoms with Crippen molar-refractivity contribution in [3.63, 3.8) is 0 Å². The summed E-state index contributed by atoms with van der Waals surface area (Å²) in [5.74, 6) is 2.23. The van der Waals surface area contributed by atoms with E-state index in [1.165, 1.54) is 0 Å². The second kappa shape index (κ2) is 5.12. The van der Waals surface area contributed by atoms with E-state index in [9.17, 15) is 0 Å². The lowest BCUT2D eigenvalue weighted by Gasteiger charge is -2.02. The van der Waals surface area contributed by atoms with Gasteiger partial charge in [-0.1, -0.05) is 12.1 Å². The van der Waals surface area contributed by atoms with Gasteiger partial charge in [0.1, 0.15) is 5.03 Å². The lowest BCUT2D eigenvalue weighted by Crippen LogP contribution is -1.87. The van der Waals surface area contributed by atoms with Gasteiger partial charge in [-0.25, -0.2) is 4.98 Å². The molecule has 5 heteroatoms. The van der Waals surface area contributed by atoms with E-state index in [1.54, 1.807) is 18.0 Å². The summed E-state index contributed by atoms with van der Waals surface area (Å²) in [5.41, 5.74) is 0.918. The van der Waals surface area contributed by atoms with E-state index in [0.29, 0.717) is 11.7 Å². The minimum atomic E-state index is 0.546. The SMILES string of the molecule is CCCSc1ncccc1-c1nc(C)no1. The first-order valence-electron chi connectivity index (χ1n) is 5.19. The van der Waals surface area contributed by atoms with Gasteiger partial charge in [0.2, 0.25) is 0 Å². The molecule has 0 aromatic carbocycles. The summed E-state index contributed by atoms with van der Waals surface area (Å²) in [5, 5.41) is 4.74. The van der Waals surface area contributed by atoms with E-state index in [0.717, 1.165) is 22.8 Å². The second-order valence-corrected chi connectivity index (χ2v) is 4.43. The maximum Gasteiger partial charge on any atom is 0.260 e. The van der Waals surface area contributed by atoms with Gasteiger partial charge in [0.25, 0.3) is 5.89 Å². The zero-order chi connectivity index (χ0) is 11.4. The number of nitrogens with zero attached hydrogens (tertiary/aromatic N) is 3. The number of rotatable bonds is 4. The Balaban J connectivity index is 2.32. The number of hydrogen-bond acceptors (Lipinski definition) is 5. The van der Waals surface area contributed by atoms with Crippen molar-refractivity contribution in [2.75, 3.05) is 5.75 Å². The number of hydrogen-bond donors (Lipinski definition) is 0. The highest BCUT2D eigenvalue weighted by Crippen LogP contribution is 2.28. The lowest BCUT2D eigenvalue weighted by atomic mass is 10.3. The molecule has 0 atom stereocenters. The standard InChI is InChI=1S/C11H13N3OS/c1-3-7-16-11-9(5-4-6-12-11)10-13-8(2)14-15-10/h4-6H,3,7H2,1-2H3. The molecule has 0 saturated carbocycles. The van der Waals surface area contributed by atoms with Gasteiger partial charge < -0.3 is 4.52 Å². The van der Waals surface area contributed by atoms with Gasteiger partial charge in [0.05, 0.1) is 5.56 Å². The number of aromatic nitrogens is 3. The third-order valence-corrected chi connectivity index (χ3v) is 3.18. The van der Waals surface area contributed by atoms with Crippen LogP contribution in [0.3, 0.4) is 0 Å². The van der Waals surface area contributed by atoms with Crippen LogP contribution in [-0.2, 0) is 0 Å². The molecule has 0 amide bonds. The van der Waals surface area contributed by atoms with Gasteiger partial charge in [-0.15, -0.1) is 11.8 Å². The summed E-state index contributed by atoms with van der Waals surface area (Å²) in [6.45, 7) is 3.95. The molecular formula is C11H13N3OS. The summed E-state index contributed by atoms with van der Waals surface area (Å²) in [4.78, 5) is 8.56. The fourth-order valence-corrected chi connectivity index (χ4v) is 2.12. The van der Waals surface area contributed by atoms with Crippen LogP contribution in [0.5, 0.6) is 0 Å². The molecule has 0 saturated heterocycles. The van der Waals surface area contributed by atoms with Gasteiger partial charge in [-0.3, -0.25) is 0 Å². The largest absolute Gasteiger partial charge is 0.334 e. The molecule has 2 aromatic rings. The maximum atomic E-state index is 5.16. The average Bonchev–Trinajstić information content (AvgIpc) is 2.73. The van der Waals surface area contributed by atoms with Crippen molar-refractivity contribution in [1.29, 1.82) is 0 Å². The minimum Gasteiger partial charge on any atom is -0.334 e. The van der Waals surface area contributed by atoms with Crippen molar-refractivity contribution in [2.45, 2.75) is 25.3 Å². The molecule has 0 bridgehead atoms. The van der Waals surface area contributed by atoms with Crippen LogP contribution < -0.4 is 0 Å². The minimum absolute atomic E-state index is 0.546. The number of thioether (sulfide) groups is 1. The molecule has 0 spiro atoms. The van der Waals surface area contributed by atoms with Crippen LogP contribution in [0.1, 0.15) is 19.2 Å². The van der Waals surface area contributed by atoms with Crippen LogP contribution in [-0.4, -0.2) is 20.9 Å². The molecule has 2 rings (SSSR count). The first-order chi connectivity index (χ1) is 7.81. The van der Waals surface area contributed by atoms with Gasteiger partial charge in [0, 0.05) is 6.20 Å². The van der Waals surface area contributed by atoms with E-state index in [2.05, 4.69) is 22.0 Å². The van der Waals surface area contributed by atoms with Crippen molar-refractivity contribution in [3.05, 3.63) is 24.2 Å². The Morgan fingerprint density at radius 1 is 1.44 bits per heavy atom. The Labute approximate surface area is 98.5 Å². The van der Waals surface area contributed by atoms with E-state index in [1.807, 2.05) is 19.1 Å². The Morgan fingerprint density at radius 2 is 2.31 bits per heavy atom. The Hall–Kier alpha value is -1.36. The van der Waals surface area contributed by atoms with Gasteiger partial charge in [-0.05, 0) is 31.2 Å². The van der Waals surface area contributed by atoms with Crippen LogP contribution in [0, 0.1) is 6.92 Å². The van der Waals surface area contributed by atoms with E-state index >= 15 is 0 Å². The monoisotopic (exact) mass is 235 g/mol. The van der Waals surface area contributed by atoms with Crippen molar-refractivity contribution >= 4 is 11.8 Å². The Morgan fingerprint density at radius 3 is 3.00 bits per heavy atom. The normalized spacial score (nSPS) is 10.6. The Kier molecular flexibility index (Phi) is 3.56. The predicted octanol–water partition coefficient (Wildman–Crippen LogP) is 2.94. The first kappa shape index (κ1) is 11.1. The fraction of sp³-hybridized carbons (Fsp3) is 0.364. The fourth-order valence-electron chi connectivity index (χ4n) is 1.27. The maximum absolute atomic E-state index is 5.16. The molecule has 0 aliphatic heterocycles. The van der Waals surface area contributed by atoms with Crippen molar-refractivity contribution in [3.8, 4) is 11.5 Å². The summed E-state index contributed by atoms with van der Waals surface area (Å²) < 4.78 is 5.16. The summed E-state index contributed by atoms with van der Waals surface area (Å²) >= 11 is 1.71. The topological polar surface area (TPSA) is 51.8 Å². The highest BCUT2D eigenvalue weighted by atomic mass is 32.2. The zero-order valence-corrected chi connectivity index (χ0v) is 10.1. The third-order valence-electron chi connectivity index (χ3n) is 1.97. The first-order valence-corrected chi connectivity index (χ1v) is 6.18. The molecular weight excluding hydrogens is 222 g/mol. The van der Waals surface area contributed by atoms with Gasteiger partial charge in [0.15, 0.2) is 5.82 Å². The van der Waals surface area contributed by atoms with Gasteiger partial charge >= 0.3 is 0 Å². The summed E-state index contributed by atoms with van der Waals surface area (Å²) in [6.07, 6.45) is 2.90. The van der Waals surface area contributed by atoms with E-state index in [-0.39, 0.29) is 0 Å². The number of pyridine rings is 1. The molecule has 0 aliphatic carbocycles. The average molecular weight is 235 g/mol. The van der Waals surface area contributed by atoms with Crippen LogP contribution in [0.15, 0.2) is 27.9 Å². The summed E-state index contributed by atoms with van der Waals surface area (Å²) in [7, 11) is 0. The molecule has 0 unspecified atom stereocenters. The predicted molar refractivity (Wildman–Crippen MR) is 63.3 cm³/mol. The lowest BCUT2D eigenvalue weighted by molar-refractivity contribution is 0.424. The van der Waals surface area contributed by atoms with Crippen molar-refractivity contribution in [2.24, 2.45) is 0 Å². The van der Waals surface area contributed by atoms with Crippen molar-refractivity contribution < 1.29 is 4.52 Å². The molecule has 0 fully saturated rings. The second-order valence-electron chi connectivity index (χ2n) is 3.35. The number of aryl methyl sites for hydroxylation is 1. The van der Waals surface area contributed by atoms with Crippen LogP contribution in [0.25, 0.3) is 11.5 Å². The van der Waals surface area contributed by atoms with Gasteiger partial charge in [-0.2, -0.15) is 4.98 Å². The molecule has 2 heterocycles. The molecule has 0 radical (unpaired) electrons. The van der Waals surface area contributed by atoms with E-state index < -0.39 is 0 Å². The molecule has 0 N–H and O–H groups in total. The van der Waals surface area contributed by atoms with E-state index in [4.69, 9.17) is 4.52 Å². The van der Waals surface area contributed by atoms with Crippen LogP contribution in [0.2, 0.25) is 0 Å². The molecule has 16 heavy (non-hydrogen) atoms. The Bertz CT molecular complexity index is 470. The molecule has 0 aliphatic rings. The smallest absolute Gasteiger partial charge is 0.260 e. The highest BCUT2D eigenvalue weighted by molar-refractivity contribution is 7.99. The van der Waals surface area contributed by atoms with Crippen molar-refractivity contribution in [1.82, 2.24) is 15.1 Å². The highest BCUT2D eigenvalue weighted by Gasteiger charge is 2.12.